The van der Waals surface area contributed by atoms with Gasteiger partial charge < -0.3 is 9.64 Å². The molecule has 1 fully saturated rings. The summed E-state index contributed by atoms with van der Waals surface area (Å²) in [6.45, 7) is 5.61. The van der Waals surface area contributed by atoms with Crippen molar-refractivity contribution in [1.29, 1.82) is 5.26 Å². The number of morpholine rings is 1. The largest absolute Gasteiger partial charge is 0.372 e. The average molecular weight is 296 g/mol. The van der Waals surface area contributed by atoms with E-state index in [4.69, 9.17) is 10.00 Å². The van der Waals surface area contributed by atoms with Crippen LogP contribution in [0.3, 0.4) is 0 Å². The number of nitriles is 1. The van der Waals surface area contributed by atoms with Crippen LogP contribution < -0.4 is 4.90 Å². The Kier molecular flexibility index (Phi) is 3.65. The van der Waals surface area contributed by atoms with Crippen LogP contribution in [0.25, 0.3) is 0 Å². The second kappa shape index (κ2) is 5.03. The van der Waals surface area contributed by atoms with Crippen LogP contribution in [0.2, 0.25) is 0 Å². The SMILES string of the molecule is CC1CN(c2ncc(Br)cc2C#N)CC(C)O1. The first-order valence-corrected chi connectivity index (χ1v) is 6.35. The fourth-order valence-corrected chi connectivity index (χ4v) is 2.45. The summed E-state index contributed by atoms with van der Waals surface area (Å²) in [6, 6.07) is 3.99. The van der Waals surface area contributed by atoms with Crippen LogP contribution in [0.5, 0.6) is 0 Å². The van der Waals surface area contributed by atoms with Crippen molar-refractivity contribution >= 4 is 21.7 Å². The summed E-state index contributed by atoms with van der Waals surface area (Å²) in [7, 11) is 0. The first-order valence-electron chi connectivity index (χ1n) is 5.56. The van der Waals surface area contributed by atoms with Crippen LogP contribution >= 0.6 is 15.9 Å². The van der Waals surface area contributed by atoms with Crippen molar-refractivity contribution in [3.05, 3.63) is 22.3 Å². The second-order valence-electron chi connectivity index (χ2n) is 4.30. The summed E-state index contributed by atoms with van der Waals surface area (Å²) in [6.07, 6.45) is 2.05. The minimum atomic E-state index is 0.163. The van der Waals surface area contributed by atoms with Gasteiger partial charge in [0, 0.05) is 23.8 Å². The molecule has 0 radical (unpaired) electrons. The molecule has 0 aromatic carbocycles. The minimum absolute atomic E-state index is 0.163. The third kappa shape index (κ3) is 2.76. The monoisotopic (exact) mass is 295 g/mol. The smallest absolute Gasteiger partial charge is 0.146 e. The highest BCUT2D eigenvalue weighted by atomic mass is 79.9. The van der Waals surface area contributed by atoms with Gasteiger partial charge in [-0.1, -0.05) is 0 Å². The molecule has 2 atom stereocenters. The number of nitrogens with zero attached hydrogens (tertiary/aromatic N) is 3. The van der Waals surface area contributed by atoms with Gasteiger partial charge in [-0.05, 0) is 35.8 Å². The lowest BCUT2D eigenvalue weighted by Gasteiger charge is -2.36. The highest BCUT2D eigenvalue weighted by molar-refractivity contribution is 9.10. The summed E-state index contributed by atoms with van der Waals surface area (Å²) in [5.74, 6) is 0.748. The summed E-state index contributed by atoms with van der Waals surface area (Å²) >= 11 is 3.33. The van der Waals surface area contributed by atoms with Crippen molar-refractivity contribution in [3.63, 3.8) is 0 Å². The van der Waals surface area contributed by atoms with Gasteiger partial charge in [0.1, 0.15) is 11.9 Å². The highest BCUT2D eigenvalue weighted by Gasteiger charge is 2.24. The molecular weight excluding hydrogens is 282 g/mol. The van der Waals surface area contributed by atoms with Gasteiger partial charge in [-0.2, -0.15) is 5.26 Å². The summed E-state index contributed by atoms with van der Waals surface area (Å²) < 4.78 is 6.50. The van der Waals surface area contributed by atoms with Crippen LogP contribution in [0, 0.1) is 11.3 Å². The fourth-order valence-electron chi connectivity index (χ4n) is 2.12. The molecule has 1 aliphatic heterocycles. The van der Waals surface area contributed by atoms with Crippen molar-refractivity contribution in [2.75, 3.05) is 18.0 Å². The van der Waals surface area contributed by atoms with Gasteiger partial charge >= 0.3 is 0 Å². The van der Waals surface area contributed by atoms with E-state index < -0.39 is 0 Å². The Morgan fingerprint density at radius 2 is 2.12 bits per heavy atom. The first kappa shape index (κ1) is 12.3. The number of aromatic nitrogens is 1. The molecule has 1 aromatic rings. The van der Waals surface area contributed by atoms with Crippen molar-refractivity contribution in [3.8, 4) is 6.07 Å². The fraction of sp³-hybridized carbons (Fsp3) is 0.500. The minimum Gasteiger partial charge on any atom is -0.372 e. The zero-order chi connectivity index (χ0) is 12.4. The van der Waals surface area contributed by atoms with Crippen molar-refractivity contribution in [2.24, 2.45) is 0 Å². The maximum Gasteiger partial charge on any atom is 0.146 e. The van der Waals surface area contributed by atoms with E-state index in [1.807, 2.05) is 13.8 Å². The first-order chi connectivity index (χ1) is 8.10. The molecule has 2 rings (SSSR count). The number of halogens is 1. The molecule has 2 heterocycles. The van der Waals surface area contributed by atoms with Crippen molar-refractivity contribution in [2.45, 2.75) is 26.1 Å². The second-order valence-corrected chi connectivity index (χ2v) is 5.21. The molecule has 0 amide bonds. The Balaban J connectivity index is 2.30. The van der Waals surface area contributed by atoms with Gasteiger partial charge in [0.2, 0.25) is 0 Å². The van der Waals surface area contributed by atoms with Crippen LogP contribution in [0.15, 0.2) is 16.7 Å². The van der Waals surface area contributed by atoms with E-state index in [0.29, 0.717) is 5.56 Å². The third-order valence-electron chi connectivity index (χ3n) is 2.67. The summed E-state index contributed by atoms with van der Waals surface area (Å²) in [4.78, 5) is 6.46. The Bertz CT molecular complexity index is 448. The molecule has 4 nitrogen and oxygen atoms in total. The van der Waals surface area contributed by atoms with Gasteiger partial charge in [-0.25, -0.2) is 4.98 Å². The van der Waals surface area contributed by atoms with E-state index >= 15 is 0 Å². The molecule has 0 spiro atoms. The predicted octanol–water partition coefficient (Wildman–Crippen LogP) is 2.33. The van der Waals surface area contributed by atoms with E-state index in [9.17, 15) is 0 Å². The van der Waals surface area contributed by atoms with Gasteiger partial charge in [-0.15, -0.1) is 0 Å². The maximum atomic E-state index is 9.14. The third-order valence-corrected chi connectivity index (χ3v) is 3.11. The molecule has 1 aromatic heterocycles. The zero-order valence-electron chi connectivity index (χ0n) is 9.85. The lowest BCUT2D eigenvalue weighted by atomic mass is 10.2. The van der Waals surface area contributed by atoms with Gasteiger partial charge in [0.15, 0.2) is 0 Å². The van der Waals surface area contributed by atoms with Gasteiger partial charge in [0.05, 0.1) is 17.8 Å². The molecule has 5 heteroatoms. The molecule has 0 aliphatic carbocycles. The molecule has 1 saturated heterocycles. The molecule has 2 unspecified atom stereocenters. The highest BCUT2D eigenvalue weighted by Crippen LogP contribution is 2.24. The number of hydrogen-bond donors (Lipinski definition) is 0. The number of ether oxygens (including phenoxy) is 1. The lowest BCUT2D eigenvalue weighted by Crippen LogP contribution is -2.46. The molecule has 17 heavy (non-hydrogen) atoms. The predicted molar refractivity (Wildman–Crippen MR) is 68.9 cm³/mol. The Labute approximate surface area is 109 Å². The molecular formula is C12H14BrN3O. The van der Waals surface area contributed by atoms with Gasteiger partial charge in [-0.3, -0.25) is 0 Å². The number of anilines is 1. The van der Waals surface area contributed by atoms with Crippen LogP contribution in [-0.2, 0) is 4.74 Å². The molecule has 1 aliphatic rings. The average Bonchev–Trinajstić information content (AvgIpc) is 2.27. The van der Waals surface area contributed by atoms with E-state index in [2.05, 4.69) is 31.9 Å². The normalized spacial score (nSPS) is 24.5. The summed E-state index contributed by atoms with van der Waals surface area (Å²) in [5.41, 5.74) is 0.598. The summed E-state index contributed by atoms with van der Waals surface area (Å²) in [5, 5.41) is 9.14. The molecule has 90 valence electrons. The lowest BCUT2D eigenvalue weighted by molar-refractivity contribution is -0.00547. The quantitative estimate of drug-likeness (QED) is 0.798. The topological polar surface area (TPSA) is 49.2 Å². The molecule has 0 N–H and O–H groups in total. The van der Waals surface area contributed by atoms with Crippen LogP contribution in [0.1, 0.15) is 19.4 Å². The van der Waals surface area contributed by atoms with E-state index in [-0.39, 0.29) is 12.2 Å². The Morgan fingerprint density at radius 1 is 1.47 bits per heavy atom. The number of hydrogen-bond acceptors (Lipinski definition) is 4. The maximum absolute atomic E-state index is 9.14. The Morgan fingerprint density at radius 3 is 2.71 bits per heavy atom. The van der Waals surface area contributed by atoms with Gasteiger partial charge in [0.25, 0.3) is 0 Å². The standard InChI is InChI=1S/C12H14BrN3O/c1-8-6-16(7-9(2)17-8)12-10(4-14)3-11(13)5-15-12/h3,5,8-9H,6-7H2,1-2H3. The van der Waals surface area contributed by atoms with E-state index in [1.54, 1.807) is 12.3 Å². The number of rotatable bonds is 1. The van der Waals surface area contributed by atoms with E-state index in [0.717, 1.165) is 23.4 Å². The van der Waals surface area contributed by atoms with Crippen molar-refractivity contribution in [1.82, 2.24) is 4.98 Å². The molecule has 0 bridgehead atoms. The number of pyridine rings is 1. The van der Waals surface area contributed by atoms with Crippen LogP contribution in [0.4, 0.5) is 5.82 Å². The van der Waals surface area contributed by atoms with Crippen molar-refractivity contribution < 1.29 is 4.74 Å². The Hall–Kier alpha value is -1.12. The molecule has 0 saturated carbocycles. The zero-order valence-corrected chi connectivity index (χ0v) is 11.4. The van der Waals surface area contributed by atoms with E-state index in [1.165, 1.54) is 0 Å². The van der Waals surface area contributed by atoms with Crippen LogP contribution in [-0.4, -0.2) is 30.3 Å².